The third-order valence-electron chi connectivity index (χ3n) is 4.79. The van der Waals surface area contributed by atoms with Gasteiger partial charge in [0.15, 0.2) is 5.82 Å². The van der Waals surface area contributed by atoms with Gasteiger partial charge in [-0.15, -0.1) is 10.2 Å². The quantitative estimate of drug-likeness (QED) is 0.923. The zero-order chi connectivity index (χ0) is 16.5. The maximum absolute atomic E-state index is 11.3. The molecule has 2 N–H and O–H groups in total. The first-order chi connectivity index (χ1) is 11.7. The summed E-state index contributed by atoms with van der Waals surface area (Å²) in [4.78, 5) is 16.2. The van der Waals surface area contributed by atoms with Crippen LogP contribution in [0.15, 0.2) is 36.4 Å². The molecule has 124 valence electrons. The lowest BCUT2D eigenvalue weighted by Crippen LogP contribution is -2.47. The van der Waals surface area contributed by atoms with Crippen LogP contribution in [0, 0.1) is 0 Å². The normalized spacial score (nSPS) is 18.6. The van der Waals surface area contributed by atoms with Crippen molar-refractivity contribution in [3.63, 3.8) is 0 Å². The van der Waals surface area contributed by atoms with E-state index in [1.54, 1.807) is 12.1 Å². The molecule has 1 amide bonds. The molecule has 0 radical (unpaired) electrons. The fourth-order valence-electron chi connectivity index (χ4n) is 3.24. The second-order valence-corrected chi connectivity index (χ2v) is 6.48. The summed E-state index contributed by atoms with van der Waals surface area (Å²) in [7, 11) is 0. The van der Waals surface area contributed by atoms with Crippen molar-refractivity contribution >= 4 is 11.7 Å². The van der Waals surface area contributed by atoms with Crippen molar-refractivity contribution in [1.29, 1.82) is 0 Å². The first kappa shape index (κ1) is 15.1. The van der Waals surface area contributed by atoms with E-state index in [2.05, 4.69) is 20.0 Å². The van der Waals surface area contributed by atoms with E-state index in [1.165, 1.54) is 12.8 Å². The summed E-state index contributed by atoms with van der Waals surface area (Å²) >= 11 is 0. The summed E-state index contributed by atoms with van der Waals surface area (Å²) in [6.45, 7) is 4.22. The molecule has 1 saturated heterocycles. The Morgan fingerprint density at radius 3 is 2.46 bits per heavy atom. The van der Waals surface area contributed by atoms with Crippen LogP contribution >= 0.6 is 0 Å². The van der Waals surface area contributed by atoms with Gasteiger partial charge in [0.1, 0.15) is 0 Å². The van der Waals surface area contributed by atoms with Crippen molar-refractivity contribution in [2.75, 3.05) is 31.1 Å². The van der Waals surface area contributed by atoms with Crippen LogP contribution in [-0.2, 0) is 0 Å². The SMILES string of the molecule is NC(=O)c1cccc(-c2ccc(N3CCN(C4CC4)CC3)nn2)c1. The molecule has 0 unspecified atom stereocenters. The van der Waals surface area contributed by atoms with Crippen molar-refractivity contribution < 1.29 is 4.79 Å². The molecular weight excluding hydrogens is 302 g/mol. The van der Waals surface area contributed by atoms with Crippen LogP contribution in [0.5, 0.6) is 0 Å². The van der Waals surface area contributed by atoms with Crippen LogP contribution in [-0.4, -0.2) is 53.2 Å². The third kappa shape index (κ3) is 3.10. The van der Waals surface area contributed by atoms with Gasteiger partial charge in [-0.1, -0.05) is 12.1 Å². The van der Waals surface area contributed by atoms with E-state index in [-0.39, 0.29) is 0 Å². The molecule has 2 fully saturated rings. The van der Waals surface area contributed by atoms with Gasteiger partial charge in [0.2, 0.25) is 5.91 Å². The first-order valence-corrected chi connectivity index (χ1v) is 8.44. The Labute approximate surface area is 141 Å². The number of amides is 1. The zero-order valence-electron chi connectivity index (χ0n) is 13.6. The number of nitrogens with zero attached hydrogens (tertiary/aromatic N) is 4. The molecule has 4 rings (SSSR count). The zero-order valence-corrected chi connectivity index (χ0v) is 13.6. The summed E-state index contributed by atoms with van der Waals surface area (Å²) in [6.07, 6.45) is 2.72. The van der Waals surface area contributed by atoms with Crippen LogP contribution in [0.3, 0.4) is 0 Å². The average Bonchev–Trinajstić information content (AvgIpc) is 3.47. The number of primary amides is 1. The molecule has 0 bridgehead atoms. The second kappa shape index (κ2) is 6.20. The highest BCUT2D eigenvalue weighted by atomic mass is 16.1. The fourth-order valence-corrected chi connectivity index (χ4v) is 3.24. The average molecular weight is 323 g/mol. The molecule has 1 aliphatic heterocycles. The Morgan fingerprint density at radius 1 is 1.04 bits per heavy atom. The van der Waals surface area contributed by atoms with E-state index in [9.17, 15) is 4.79 Å². The molecule has 1 saturated carbocycles. The molecule has 1 aromatic heterocycles. The van der Waals surface area contributed by atoms with E-state index in [4.69, 9.17) is 5.73 Å². The van der Waals surface area contributed by atoms with Gasteiger partial charge in [-0.05, 0) is 37.1 Å². The number of piperazine rings is 1. The van der Waals surface area contributed by atoms with E-state index < -0.39 is 5.91 Å². The van der Waals surface area contributed by atoms with Gasteiger partial charge in [0.05, 0.1) is 5.69 Å². The third-order valence-corrected chi connectivity index (χ3v) is 4.79. The van der Waals surface area contributed by atoms with E-state index >= 15 is 0 Å². The molecule has 2 aliphatic rings. The summed E-state index contributed by atoms with van der Waals surface area (Å²) in [5, 5.41) is 8.71. The molecule has 2 aromatic rings. The van der Waals surface area contributed by atoms with Crippen molar-refractivity contribution in [2.45, 2.75) is 18.9 Å². The highest BCUT2D eigenvalue weighted by Crippen LogP contribution is 2.28. The summed E-state index contributed by atoms with van der Waals surface area (Å²) in [5.41, 5.74) is 7.41. The van der Waals surface area contributed by atoms with Gasteiger partial charge in [-0.25, -0.2) is 0 Å². The number of carbonyl (C=O) groups is 1. The summed E-state index contributed by atoms with van der Waals surface area (Å²) in [5.74, 6) is 0.482. The monoisotopic (exact) mass is 323 g/mol. The van der Waals surface area contributed by atoms with Crippen molar-refractivity contribution in [3.8, 4) is 11.3 Å². The molecule has 24 heavy (non-hydrogen) atoms. The molecule has 1 aromatic carbocycles. The Hall–Kier alpha value is -2.47. The number of hydrogen-bond donors (Lipinski definition) is 1. The lowest BCUT2D eigenvalue weighted by atomic mass is 10.1. The van der Waals surface area contributed by atoms with Crippen LogP contribution in [0.25, 0.3) is 11.3 Å². The number of rotatable bonds is 4. The second-order valence-electron chi connectivity index (χ2n) is 6.48. The molecule has 1 aliphatic carbocycles. The van der Waals surface area contributed by atoms with Crippen molar-refractivity contribution in [2.24, 2.45) is 5.73 Å². The topological polar surface area (TPSA) is 75.4 Å². The predicted octanol–water partition coefficient (Wildman–Crippen LogP) is 1.53. The van der Waals surface area contributed by atoms with Gasteiger partial charge in [0, 0.05) is 43.3 Å². The van der Waals surface area contributed by atoms with E-state index in [1.807, 2.05) is 24.3 Å². The number of carbonyl (C=O) groups excluding carboxylic acids is 1. The predicted molar refractivity (Wildman–Crippen MR) is 92.8 cm³/mol. The number of benzene rings is 1. The molecule has 0 spiro atoms. The van der Waals surface area contributed by atoms with Gasteiger partial charge in [-0.3, -0.25) is 9.69 Å². The highest BCUT2D eigenvalue weighted by molar-refractivity contribution is 5.93. The Kier molecular flexibility index (Phi) is 3.90. The Morgan fingerprint density at radius 2 is 1.83 bits per heavy atom. The number of hydrogen-bond acceptors (Lipinski definition) is 5. The highest BCUT2D eigenvalue weighted by Gasteiger charge is 2.31. The molecule has 2 heterocycles. The van der Waals surface area contributed by atoms with Crippen LogP contribution in [0.4, 0.5) is 5.82 Å². The van der Waals surface area contributed by atoms with Crippen LogP contribution in [0.2, 0.25) is 0 Å². The fraction of sp³-hybridized carbons (Fsp3) is 0.389. The molecule has 6 heteroatoms. The standard InChI is InChI=1S/C18H21N5O/c19-18(24)14-3-1-2-13(12-14)16-6-7-17(21-20-16)23-10-8-22(9-11-23)15-4-5-15/h1-3,6-7,12,15H,4-5,8-11H2,(H2,19,24). The largest absolute Gasteiger partial charge is 0.366 e. The van der Waals surface area contributed by atoms with Crippen LogP contribution in [0.1, 0.15) is 23.2 Å². The number of nitrogens with two attached hydrogens (primary N) is 1. The van der Waals surface area contributed by atoms with Crippen LogP contribution < -0.4 is 10.6 Å². The first-order valence-electron chi connectivity index (χ1n) is 8.44. The summed E-state index contributed by atoms with van der Waals surface area (Å²) < 4.78 is 0. The van der Waals surface area contributed by atoms with Crippen molar-refractivity contribution in [3.05, 3.63) is 42.0 Å². The molecule has 0 atom stereocenters. The van der Waals surface area contributed by atoms with E-state index in [0.717, 1.165) is 49.3 Å². The Bertz CT molecular complexity index is 733. The Balaban J connectivity index is 1.46. The molecule has 6 nitrogen and oxygen atoms in total. The minimum absolute atomic E-state index is 0.435. The van der Waals surface area contributed by atoms with Crippen molar-refractivity contribution in [1.82, 2.24) is 15.1 Å². The number of anilines is 1. The number of aromatic nitrogens is 2. The van der Waals surface area contributed by atoms with Gasteiger partial charge in [-0.2, -0.15) is 0 Å². The lowest BCUT2D eigenvalue weighted by Gasteiger charge is -2.35. The molecular formula is C18H21N5O. The maximum Gasteiger partial charge on any atom is 0.248 e. The van der Waals surface area contributed by atoms with E-state index in [0.29, 0.717) is 5.56 Å². The maximum atomic E-state index is 11.3. The van der Waals surface area contributed by atoms with Gasteiger partial charge >= 0.3 is 0 Å². The smallest absolute Gasteiger partial charge is 0.248 e. The minimum Gasteiger partial charge on any atom is -0.366 e. The minimum atomic E-state index is -0.435. The summed E-state index contributed by atoms with van der Waals surface area (Å²) in [6, 6.07) is 12.0. The lowest BCUT2D eigenvalue weighted by molar-refractivity contribution is 0.100. The van der Waals surface area contributed by atoms with Gasteiger partial charge in [0.25, 0.3) is 0 Å². The van der Waals surface area contributed by atoms with Gasteiger partial charge < -0.3 is 10.6 Å².